The molecular formula is C12H17NO5. The van der Waals surface area contributed by atoms with Gasteiger partial charge in [-0.15, -0.1) is 0 Å². The van der Waals surface area contributed by atoms with Gasteiger partial charge in [0.2, 0.25) is 0 Å². The van der Waals surface area contributed by atoms with E-state index in [0.717, 1.165) is 13.1 Å². The number of hydrogen-bond acceptors (Lipinski definition) is 6. The first-order valence-electron chi connectivity index (χ1n) is 6.01. The van der Waals surface area contributed by atoms with Crippen LogP contribution in [0.25, 0.3) is 0 Å². The van der Waals surface area contributed by atoms with Crippen LogP contribution in [0.15, 0.2) is 11.3 Å². The van der Waals surface area contributed by atoms with Crippen molar-refractivity contribution in [2.24, 2.45) is 5.92 Å². The summed E-state index contributed by atoms with van der Waals surface area (Å²) < 4.78 is 9.91. The van der Waals surface area contributed by atoms with Crippen LogP contribution in [0.3, 0.4) is 0 Å². The lowest BCUT2D eigenvalue weighted by Crippen LogP contribution is -2.43. The summed E-state index contributed by atoms with van der Waals surface area (Å²) in [4.78, 5) is 23.5. The molecule has 6 nitrogen and oxygen atoms in total. The molecule has 0 radical (unpaired) electrons. The van der Waals surface area contributed by atoms with Crippen LogP contribution >= 0.6 is 0 Å². The summed E-state index contributed by atoms with van der Waals surface area (Å²) in [5.74, 6) is -3.30. The van der Waals surface area contributed by atoms with E-state index in [1.54, 1.807) is 0 Å². The quantitative estimate of drug-likeness (QED) is 0.309. The zero-order valence-corrected chi connectivity index (χ0v) is 10.5. The summed E-state index contributed by atoms with van der Waals surface area (Å²) in [5, 5.41) is 13.2. The second-order valence-electron chi connectivity index (χ2n) is 4.96. The van der Waals surface area contributed by atoms with E-state index in [4.69, 9.17) is 9.47 Å². The van der Waals surface area contributed by atoms with E-state index in [0.29, 0.717) is 12.8 Å². The maximum atomic E-state index is 11.7. The Labute approximate surface area is 105 Å². The van der Waals surface area contributed by atoms with Gasteiger partial charge in [0.15, 0.2) is 5.57 Å². The number of ether oxygens (including phenoxy) is 2. The van der Waals surface area contributed by atoms with Crippen LogP contribution in [-0.4, -0.2) is 35.9 Å². The highest BCUT2D eigenvalue weighted by Gasteiger charge is 2.42. The molecule has 0 unspecified atom stereocenters. The molecule has 2 aliphatic rings. The summed E-state index contributed by atoms with van der Waals surface area (Å²) in [6, 6.07) is 0. The van der Waals surface area contributed by atoms with Crippen LogP contribution in [0.2, 0.25) is 0 Å². The fourth-order valence-corrected chi connectivity index (χ4v) is 2.16. The predicted octanol–water partition coefficient (Wildman–Crippen LogP) is 0.634. The molecule has 0 aliphatic carbocycles. The van der Waals surface area contributed by atoms with Crippen LogP contribution in [-0.2, 0) is 19.1 Å². The summed E-state index contributed by atoms with van der Waals surface area (Å²) in [5.41, 5.74) is -0.360. The van der Waals surface area contributed by atoms with E-state index >= 15 is 0 Å². The van der Waals surface area contributed by atoms with Crippen molar-refractivity contribution < 1.29 is 24.2 Å². The number of allylic oxidation sites excluding steroid dienone is 1. The number of cyclic esters (lactones) is 2. The Bertz CT molecular complexity index is 385. The Morgan fingerprint density at radius 2 is 1.72 bits per heavy atom. The number of carbonyl (C=O) groups is 2. The lowest BCUT2D eigenvalue weighted by Gasteiger charge is -2.31. The number of carbonyl (C=O) groups excluding carboxylic acids is 2. The molecule has 100 valence electrons. The van der Waals surface area contributed by atoms with Gasteiger partial charge in [-0.25, -0.2) is 9.59 Å². The van der Waals surface area contributed by atoms with Crippen molar-refractivity contribution in [2.75, 3.05) is 13.1 Å². The number of hydrogen-bond donors (Lipinski definition) is 2. The highest BCUT2D eigenvalue weighted by atomic mass is 16.7. The molecule has 0 atom stereocenters. The van der Waals surface area contributed by atoms with Crippen LogP contribution in [0.1, 0.15) is 26.7 Å². The SMILES string of the molecule is CC1(C)OC(=O)C(=C(O)C2CCNCC2)C(=O)O1. The van der Waals surface area contributed by atoms with Gasteiger partial charge in [0.05, 0.1) is 0 Å². The lowest BCUT2D eigenvalue weighted by molar-refractivity contribution is -0.222. The Morgan fingerprint density at radius 1 is 1.22 bits per heavy atom. The molecule has 0 bridgehead atoms. The van der Waals surface area contributed by atoms with Crippen molar-refractivity contribution in [1.82, 2.24) is 5.32 Å². The van der Waals surface area contributed by atoms with Gasteiger partial charge in [-0.1, -0.05) is 0 Å². The third kappa shape index (κ3) is 2.48. The molecule has 2 rings (SSSR count). The second kappa shape index (κ2) is 4.61. The average Bonchev–Trinajstić information content (AvgIpc) is 2.27. The molecule has 6 heteroatoms. The molecule has 18 heavy (non-hydrogen) atoms. The third-order valence-corrected chi connectivity index (χ3v) is 3.07. The molecule has 0 saturated carbocycles. The Kier molecular flexibility index (Phi) is 3.30. The van der Waals surface area contributed by atoms with Gasteiger partial charge in [0.25, 0.3) is 5.79 Å². The molecule has 2 N–H and O–H groups in total. The number of aliphatic hydroxyl groups is 1. The van der Waals surface area contributed by atoms with E-state index in [1.165, 1.54) is 13.8 Å². The van der Waals surface area contributed by atoms with E-state index < -0.39 is 17.7 Å². The Morgan fingerprint density at radius 3 is 2.22 bits per heavy atom. The summed E-state index contributed by atoms with van der Waals surface area (Å²) >= 11 is 0. The first kappa shape index (κ1) is 12.9. The minimum Gasteiger partial charge on any atom is -0.511 e. The Balaban J connectivity index is 2.25. The zero-order valence-electron chi connectivity index (χ0n) is 10.5. The molecule has 2 heterocycles. The molecule has 0 amide bonds. The van der Waals surface area contributed by atoms with Gasteiger partial charge in [-0.2, -0.15) is 0 Å². The van der Waals surface area contributed by atoms with Crippen LogP contribution < -0.4 is 5.32 Å². The molecular weight excluding hydrogens is 238 g/mol. The molecule has 0 aromatic heterocycles. The number of esters is 2. The normalized spacial score (nSPS) is 24.4. The highest BCUT2D eigenvalue weighted by molar-refractivity contribution is 6.15. The van der Waals surface area contributed by atoms with Gasteiger partial charge in [0.1, 0.15) is 5.76 Å². The maximum absolute atomic E-state index is 11.7. The highest BCUT2D eigenvalue weighted by Crippen LogP contribution is 2.29. The van der Waals surface area contributed by atoms with E-state index in [-0.39, 0.29) is 17.3 Å². The summed E-state index contributed by atoms with van der Waals surface area (Å²) in [6.45, 7) is 4.44. The largest absolute Gasteiger partial charge is 0.511 e. The van der Waals surface area contributed by atoms with Crippen LogP contribution in [0, 0.1) is 5.92 Å². The number of piperidine rings is 1. The van der Waals surface area contributed by atoms with Gasteiger partial charge >= 0.3 is 11.9 Å². The van der Waals surface area contributed by atoms with Crippen molar-refractivity contribution >= 4 is 11.9 Å². The predicted molar refractivity (Wildman–Crippen MR) is 61.5 cm³/mol. The van der Waals surface area contributed by atoms with Gasteiger partial charge in [-0.3, -0.25) is 0 Å². The van der Waals surface area contributed by atoms with Crippen LogP contribution in [0.4, 0.5) is 0 Å². The Hall–Kier alpha value is -1.56. The number of rotatable bonds is 1. The number of aliphatic hydroxyl groups excluding tert-OH is 1. The second-order valence-corrected chi connectivity index (χ2v) is 4.96. The van der Waals surface area contributed by atoms with E-state index in [1.807, 2.05) is 0 Å². The van der Waals surface area contributed by atoms with Crippen molar-refractivity contribution in [2.45, 2.75) is 32.5 Å². The van der Waals surface area contributed by atoms with E-state index in [2.05, 4.69) is 5.32 Å². The number of nitrogens with one attached hydrogen (secondary N) is 1. The molecule has 0 spiro atoms. The fraction of sp³-hybridized carbons (Fsp3) is 0.667. The van der Waals surface area contributed by atoms with Crippen molar-refractivity contribution in [3.05, 3.63) is 11.3 Å². The monoisotopic (exact) mass is 255 g/mol. The third-order valence-electron chi connectivity index (χ3n) is 3.07. The smallest absolute Gasteiger partial charge is 0.352 e. The standard InChI is InChI=1S/C12H17NO5/c1-12(2)17-10(15)8(11(16)18-12)9(14)7-3-5-13-6-4-7/h7,13-14H,3-6H2,1-2H3. The summed E-state index contributed by atoms with van der Waals surface area (Å²) in [7, 11) is 0. The fourth-order valence-electron chi connectivity index (χ4n) is 2.16. The van der Waals surface area contributed by atoms with Crippen molar-refractivity contribution in [3.8, 4) is 0 Å². The molecule has 2 aliphatic heterocycles. The topological polar surface area (TPSA) is 84.9 Å². The van der Waals surface area contributed by atoms with E-state index in [9.17, 15) is 14.7 Å². The van der Waals surface area contributed by atoms with Gasteiger partial charge in [0, 0.05) is 19.8 Å². The summed E-state index contributed by atoms with van der Waals surface area (Å²) in [6.07, 6.45) is 1.36. The molecule has 0 aromatic carbocycles. The average molecular weight is 255 g/mol. The zero-order chi connectivity index (χ0) is 13.3. The maximum Gasteiger partial charge on any atom is 0.352 e. The molecule has 2 saturated heterocycles. The first-order valence-corrected chi connectivity index (χ1v) is 6.01. The minimum absolute atomic E-state index is 0.192. The molecule has 2 fully saturated rings. The first-order chi connectivity index (χ1) is 8.41. The van der Waals surface area contributed by atoms with Gasteiger partial charge < -0.3 is 19.9 Å². The van der Waals surface area contributed by atoms with Gasteiger partial charge in [-0.05, 0) is 25.9 Å². The van der Waals surface area contributed by atoms with Crippen molar-refractivity contribution in [3.63, 3.8) is 0 Å². The van der Waals surface area contributed by atoms with Crippen molar-refractivity contribution in [1.29, 1.82) is 0 Å². The van der Waals surface area contributed by atoms with Crippen LogP contribution in [0.5, 0.6) is 0 Å². The minimum atomic E-state index is -1.27. The molecule has 0 aromatic rings. The lowest BCUT2D eigenvalue weighted by atomic mass is 9.93.